The van der Waals surface area contributed by atoms with Crippen molar-refractivity contribution in [2.75, 3.05) is 24.7 Å². The van der Waals surface area contributed by atoms with E-state index < -0.39 is 0 Å². The zero-order valence-electron chi connectivity index (χ0n) is 15.0. The summed E-state index contributed by atoms with van der Waals surface area (Å²) in [7, 11) is 0. The highest BCUT2D eigenvalue weighted by molar-refractivity contribution is 6.01. The van der Waals surface area contributed by atoms with Gasteiger partial charge >= 0.3 is 0 Å². The summed E-state index contributed by atoms with van der Waals surface area (Å²) >= 11 is 0. The van der Waals surface area contributed by atoms with E-state index in [-0.39, 0.29) is 24.5 Å². The molecule has 1 fully saturated rings. The molecule has 2 aromatic carbocycles. The fraction of sp³-hybridized carbons (Fsp3) is 0.333. The van der Waals surface area contributed by atoms with Crippen LogP contribution in [-0.2, 0) is 16.1 Å². The second-order valence-electron chi connectivity index (χ2n) is 6.78. The Hall–Kier alpha value is -2.86. The van der Waals surface area contributed by atoms with Crippen LogP contribution in [0.2, 0.25) is 0 Å². The van der Waals surface area contributed by atoms with E-state index in [1.165, 1.54) is 0 Å². The number of amides is 2. The van der Waals surface area contributed by atoms with Gasteiger partial charge in [0.05, 0.1) is 18.3 Å². The van der Waals surface area contributed by atoms with Gasteiger partial charge in [-0.2, -0.15) is 0 Å². The van der Waals surface area contributed by atoms with Gasteiger partial charge in [0, 0.05) is 18.7 Å². The van der Waals surface area contributed by atoms with Crippen LogP contribution in [0.25, 0.3) is 0 Å². The fourth-order valence-electron chi connectivity index (χ4n) is 3.40. The number of hydrogen-bond donors (Lipinski definition) is 1. The summed E-state index contributed by atoms with van der Waals surface area (Å²) in [6.07, 6.45) is 2.09. The van der Waals surface area contributed by atoms with E-state index in [9.17, 15) is 9.59 Å². The van der Waals surface area contributed by atoms with E-state index in [1.54, 1.807) is 23.1 Å². The molecule has 2 heterocycles. The van der Waals surface area contributed by atoms with Gasteiger partial charge < -0.3 is 19.7 Å². The summed E-state index contributed by atoms with van der Waals surface area (Å²) in [4.78, 5) is 26.6. The molecule has 2 aromatic rings. The normalized spacial score (nSPS) is 18.7. The largest absolute Gasteiger partial charge is 0.482 e. The summed E-state index contributed by atoms with van der Waals surface area (Å²) in [6, 6.07) is 15.0. The number of anilines is 1. The molecule has 0 radical (unpaired) electrons. The van der Waals surface area contributed by atoms with Crippen LogP contribution >= 0.6 is 0 Å². The second kappa shape index (κ2) is 7.80. The molecule has 1 atom stereocenters. The van der Waals surface area contributed by atoms with E-state index in [0.717, 1.165) is 25.0 Å². The molecule has 0 unspecified atom stereocenters. The summed E-state index contributed by atoms with van der Waals surface area (Å²) < 4.78 is 11.1. The predicted molar refractivity (Wildman–Crippen MR) is 101 cm³/mol. The van der Waals surface area contributed by atoms with Crippen LogP contribution in [0.15, 0.2) is 48.5 Å². The first-order valence-corrected chi connectivity index (χ1v) is 9.21. The topological polar surface area (TPSA) is 67.9 Å². The summed E-state index contributed by atoms with van der Waals surface area (Å²) in [5.41, 5.74) is 2.15. The lowest BCUT2D eigenvalue weighted by molar-refractivity contribution is -0.121. The highest BCUT2D eigenvalue weighted by Crippen LogP contribution is 2.34. The van der Waals surface area contributed by atoms with Crippen molar-refractivity contribution < 1.29 is 19.1 Å². The monoisotopic (exact) mass is 366 g/mol. The summed E-state index contributed by atoms with van der Waals surface area (Å²) in [5, 5.41) is 2.92. The first kappa shape index (κ1) is 17.5. The van der Waals surface area contributed by atoms with Gasteiger partial charge in [-0.1, -0.05) is 30.3 Å². The molecule has 2 aliphatic heterocycles. The van der Waals surface area contributed by atoms with Gasteiger partial charge in [0.2, 0.25) is 0 Å². The summed E-state index contributed by atoms with van der Waals surface area (Å²) in [6.45, 7) is 1.70. The molecule has 6 nitrogen and oxygen atoms in total. The minimum Gasteiger partial charge on any atom is -0.482 e. The van der Waals surface area contributed by atoms with Crippen LogP contribution in [0.1, 0.15) is 28.8 Å². The Balaban J connectivity index is 1.53. The number of nitrogens with zero attached hydrogens (tertiary/aromatic N) is 1. The number of carbonyl (C=O) groups excluding carboxylic acids is 2. The third-order valence-corrected chi connectivity index (χ3v) is 4.86. The average molecular weight is 366 g/mol. The van der Waals surface area contributed by atoms with Crippen LogP contribution in [0.5, 0.6) is 5.75 Å². The lowest BCUT2D eigenvalue weighted by atomic mass is 10.1. The number of rotatable bonds is 5. The Morgan fingerprint density at radius 3 is 2.81 bits per heavy atom. The molecular weight excluding hydrogens is 344 g/mol. The van der Waals surface area contributed by atoms with Crippen molar-refractivity contribution >= 4 is 17.5 Å². The first-order valence-electron chi connectivity index (χ1n) is 9.21. The maximum absolute atomic E-state index is 12.5. The lowest BCUT2D eigenvalue weighted by Gasteiger charge is -2.30. The molecule has 0 aromatic heterocycles. The summed E-state index contributed by atoms with van der Waals surface area (Å²) in [5.74, 6) is 0.315. The Labute approximate surface area is 158 Å². The third kappa shape index (κ3) is 3.95. The Morgan fingerprint density at radius 2 is 2.04 bits per heavy atom. The number of ether oxygens (including phenoxy) is 2. The second-order valence-corrected chi connectivity index (χ2v) is 6.78. The third-order valence-electron chi connectivity index (χ3n) is 4.86. The zero-order chi connectivity index (χ0) is 18.6. The molecule has 2 amide bonds. The molecule has 1 saturated heterocycles. The van der Waals surface area contributed by atoms with Gasteiger partial charge in [0.15, 0.2) is 6.61 Å². The minimum atomic E-state index is -0.175. The quantitative estimate of drug-likeness (QED) is 0.883. The van der Waals surface area contributed by atoms with Crippen molar-refractivity contribution in [2.24, 2.45) is 0 Å². The number of fused-ring (bicyclic) bond motifs is 1. The van der Waals surface area contributed by atoms with E-state index in [4.69, 9.17) is 9.47 Å². The average Bonchev–Trinajstić information content (AvgIpc) is 3.22. The van der Waals surface area contributed by atoms with Gasteiger partial charge in [0.25, 0.3) is 11.8 Å². The van der Waals surface area contributed by atoms with Gasteiger partial charge in [-0.05, 0) is 36.6 Å². The standard InChI is InChI=1S/C21H22N2O4/c24-20-14-27-19-9-8-16(21(25)22-12-17-7-4-10-26-17)11-18(19)23(20)13-15-5-2-1-3-6-15/h1-3,5-6,8-9,11,17H,4,7,10,12-14H2,(H,22,25)/t17-/m0/s1. The number of nitrogens with one attached hydrogen (secondary N) is 1. The Morgan fingerprint density at radius 1 is 1.19 bits per heavy atom. The highest BCUT2D eigenvalue weighted by atomic mass is 16.5. The van der Waals surface area contributed by atoms with Crippen molar-refractivity contribution in [3.63, 3.8) is 0 Å². The minimum absolute atomic E-state index is 0.00436. The highest BCUT2D eigenvalue weighted by Gasteiger charge is 2.27. The maximum atomic E-state index is 12.5. The van der Waals surface area contributed by atoms with Gasteiger partial charge in [-0.3, -0.25) is 9.59 Å². The molecule has 2 aliphatic rings. The molecule has 0 spiro atoms. The number of hydrogen-bond acceptors (Lipinski definition) is 4. The SMILES string of the molecule is O=C(NC[C@@H]1CCCO1)c1ccc2c(c1)N(Cc1ccccc1)C(=O)CO2. The Bertz CT molecular complexity index is 831. The molecule has 1 N–H and O–H groups in total. The van der Waals surface area contributed by atoms with Crippen LogP contribution in [-0.4, -0.2) is 37.7 Å². The maximum Gasteiger partial charge on any atom is 0.265 e. The van der Waals surface area contributed by atoms with Gasteiger partial charge in [-0.15, -0.1) is 0 Å². The van der Waals surface area contributed by atoms with Crippen LogP contribution in [0, 0.1) is 0 Å². The molecule has 6 heteroatoms. The first-order chi connectivity index (χ1) is 13.2. The van der Waals surface area contributed by atoms with Crippen LogP contribution in [0.3, 0.4) is 0 Å². The molecule has 0 aliphatic carbocycles. The number of benzene rings is 2. The predicted octanol–water partition coefficient (Wildman–Crippen LogP) is 2.52. The van der Waals surface area contributed by atoms with E-state index in [1.807, 2.05) is 30.3 Å². The van der Waals surface area contributed by atoms with Gasteiger partial charge in [-0.25, -0.2) is 0 Å². The van der Waals surface area contributed by atoms with Gasteiger partial charge in [0.1, 0.15) is 5.75 Å². The fourth-order valence-corrected chi connectivity index (χ4v) is 3.40. The van der Waals surface area contributed by atoms with E-state index >= 15 is 0 Å². The number of carbonyl (C=O) groups is 2. The lowest BCUT2D eigenvalue weighted by Crippen LogP contribution is -2.38. The van der Waals surface area contributed by atoms with E-state index in [2.05, 4.69) is 5.32 Å². The molecule has 140 valence electrons. The van der Waals surface area contributed by atoms with Crippen molar-refractivity contribution in [1.82, 2.24) is 5.32 Å². The smallest absolute Gasteiger partial charge is 0.265 e. The molecule has 0 saturated carbocycles. The Kier molecular flexibility index (Phi) is 5.07. The van der Waals surface area contributed by atoms with Crippen molar-refractivity contribution in [1.29, 1.82) is 0 Å². The van der Waals surface area contributed by atoms with Crippen LogP contribution in [0.4, 0.5) is 5.69 Å². The molecule has 4 rings (SSSR count). The van der Waals surface area contributed by atoms with Crippen molar-refractivity contribution in [3.05, 3.63) is 59.7 Å². The van der Waals surface area contributed by atoms with Crippen molar-refractivity contribution in [3.8, 4) is 5.75 Å². The van der Waals surface area contributed by atoms with E-state index in [0.29, 0.717) is 30.1 Å². The molecular formula is C21H22N2O4. The van der Waals surface area contributed by atoms with Crippen LogP contribution < -0.4 is 15.0 Å². The van der Waals surface area contributed by atoms with Crippen molar-refractivity contribution in [2.45, 2.75) is 25.5 Å². The molecule has 0 bridgehead atoms. The zero-order valence-corrected chi connectivity index (χ0v) is 15.0. The molecule has 27 heavy (non-hydrogen) atoms.